The average Bonchev–Trinajstić information content (AvgIpc) is 2.95. The van der Waals surface area contributed by atoms with Crippen molar-refractivity contribution in [2.24, 2.45) is 5.92 Å². The van der Waals surface area contributed by atoms with Crippen molar-refractivity contribution in [3.8, 4) is 0 Å². The van der Waals surface area contributed by atoms with E-state index in [9.17, 15) is 9.59 Å². The number of hydrogen-bond acceptors (Lipinski definition) is 2. The zero-order valence-electron chi connectivity index (χ0n) is 15.7. The number of nitrogens with zero attached hydrogens (tertiary/aromatic N) is 1. The summed E-state index contributed by atoms with van der Waals surface area (Å²) in [6.45, 7) is 7.95. The maximum Gasteiger partial charge on any atom is 0.244 e. The molecule has 0 fully saturated rings. The van der Waals surface area contributed by atoms with E-state index in [4.69, 9.17) is 0 Å². The van der Waals surface area contributed by atoms with Crippen molar-refractivity contribution in [2.75, 3.05) is 5.32 Å². The third kappa shape index (κ3) is 3.54. The van der Waals surface area contributed by atoms with E-state index in [1.165, 1.54) is 0 Å². The number of amides is 1. The predicted octanol–water partition coefficient (Wildman–Crippen LogP) is 4.74. The average molecular weight is 348 g/mol. The van der Waals surface area contributed by atoms with E-state index in [0.717, 1.165) is 27.7 Å². The maximum absolute atomic E-state index is 12.6. The number of Topliss-reactive ketones (excluding diaryl/α,β-unsaturated/α-hetero) is 1. The van der Waals surface area contributed by atoms with Crippen molar-refractivity contribution in [1.82, 2.24) is 4.57 Å². The van der Waals surface area contributed by atoms with Gasteiger partial charge in [0.15, 0.2) is 5.78 Å². The Balaban J connectivity index is 1.89. The molecule has 26 heavy (non-hydrogen) atoms. The number of nitrogens with one attached hydrogen (secondary N) is 1. The van der Waals surface area contributed by atoms with Crippen LogP contribution < -0.4 is 5.32 Å². The van der Waals surface area contributed by atoms with E-state index in [0.29, 0.717) is 5.56 Å². The number of hydrogen-bond donors (Lipinski definition) is 1. The molecule has 1 N–H and O–H groups in total. The van der Waals surface area contributed by atoms with Crippen molar-refractivity contribution in [1.29, 1.82) is 0 Å². The standard InChI is InChI=1S/C22H24N2O2/c1-14(2)22(26)18-12-24(20-8-6-5-7-17(18)20)13-21(25)23-19-10-9-15(3)11-16(19)4/h5-12,14H,13H2,1-4H3,(H,23,25). The minimum Gasteiger partial charge on any atom is -0.337 e. The topological polar surface area (TPSA) is 51.1 Å². The molecular weight excluding hydrogens is 324 g/mol. The van der Waals surface area contributed by atoms with Crippen LogP contribution in [0.4, 0.5) is 5.69 Å². The van der Waals surface area contributed by atoms with Crippen molar-refractivity contribution in [3.63, 3.8) is 0 Å². The Morgan fingerprint density at radius 3 is 2.50 bits per heavy atom. The van der Waals surface area contributed by atoms with E-state index < -0.39 is 0 Å². The Labute approximate surface area is 153 Å². The van der Waals surface area contributed by atoms with Crippen LogP contribution in [0.3, 0.4) is 0 Å². The highest BCUT2D eigenvalue weighted by Crippen LogP contribution is 2.24. The molecule has 0 aliphatic heterocycles. The lowest BCUT2D eigenvalue weighted by molar-refractivity contribution is -0.116. The number of carbonyl (C=O) groups excluding carboxylic acids is 2. The molecule has 134 valence electrons. The van der Waals surface area contributed by atoms with Crippen LogP contribution in [0, 0.1) is 19.8 Å². The molecule has 2 aromatic carbocycles. The highest BCUT2D eigenvalue weighted by molar-refractivity contribution is 6.09. The van der Waals surface area contributed by atoms with Gasteiger partial charge >= 0.3 is 0 Å². The summed E-state index contributed by atoms with van der Waals surface area (Å²) in [5.74, 6) is -0.103. The quantitative estimate of drug-likeness (QED) is 0.677. The number of carbonyl (C=O) groups is 2. The van der Waals surface area contributed by atoms with E-state index in [1.807, 2.05) is 74.7 Å². The summed E-state index contributed by atoms with van der Waals surface area (Å²) in [5.41, 5.74) is 4.58. The molecule has 0 spiro atoms. The SMILES string of the molecule is Cc1ccc(NC(=O)Cn2cc(C(=O)C(C)C)c3ccccc32)c(C)c1. The fraction of sp³-hybridized carbons (Fsp3) is 0.273. The molecule has 0 atom stereocenters. The minimum atomic E-state index is -0.110. The molecule has 0 bridgehead atoms. The van der Waals surface area contributed by atoms with Gasteiger partial charge in [0.2, 0.25) is 5.91 Å². The molecule has 0 aliphatic rings. The molecule has 0 unspecified atom stereocenters. The van der Waals surface area contributed by atoms with Crippen molar-refractivity contribution in [2.45, 2.75) is 34.2 Å². The molecule has 1 amide bonds. The molecule has 1 aromatic heterocycles. The van der Waals surface area contributed by atoms with E-state index in [2.05, 4.69) is 5.32 Å². The van der Waals surface area contributed by atoms with Gasteiger partial charge in [0.1, 0.15) is 6.54 Å². The van der Waals surface area contributed by atoms with Crippen molar-refractivity contribution in [3.05, 3.63) is 65.4 Å². The lowest BCUT2D eigenvalue weighted by Crippen LogP contribution is -2.19. The second-order valence-corrected chi connectivity index (χ2v) is 7.07. The largest absolute Gasteiger partial charge is 0.337 e. The first-order valence-electron chi connectivity index (χ1n) is 8.86. The zero-order chi connectivity index (χ0) is 18.8. The summed E-state index contributed by atoms with van der Waals surface area (Å²) < 4.78 is 1.85. The first-order valence-corrected chi connectivity index (χ1v) is 8.86. The fourth-order valence-electron chi connectivity index (χ4n) is 3.18. The molecule has 4 heteroatoms. The zero-order valence-corrected chi connectivity index (χ0v) is 15.7. The molecule has 3 aromatic rings. The highest BCUT2D eigenvalue weighted by Gasteiger charge is 2.18. The predicted molar refractivity (Wildman–Crippen MR) is 106 cm³/mol. The van der Waals surface area contributed by atoms with Crippen LogP contribution in [-0.4, -0.2) is 16.3 Å². The molecule has 4 nitrogen and oxygen atoms in total. The van der Waals surface area contributed by atoms with Crippen LogP contribution in [0.1, 0.15) is 35.3 Å². The Bertz CT molecular complexity index is 983. The number of benzene rings is 2. The maximum atomic E-state index is 12.6. The fourth-order valence-corrected chi connectivity index (χ4v) is 3.18. The molecule has 1 heterocycles. The van der Waals surface area contributed by atoms with Gasteiger partial charge in [-0.15, -0.1) is 0 Å². The third-order valence-electron chi connectivity index (χ3n) is 4.55. The minimum absolute atomic E-state index is 0.0849. The summed E-state index contributed by atoms with van der Waals surface area (Å²) in [6.07, 6.45) is 1.80. The number of para-hydroxylation sites is 1. The van der Waals surface area contributed by atoms with Crippen molar-refractivity contribution < 1.29 is 9.59 Å². The summed E-state index contributed by atoms with van der Waals surface area (Å²) in [6, 6.07) is 13.7. The monoisotopic (exact) mass is 348 g/mol. The smallest absolute Gasteiger partial charge is 0.244 e. The van der Waals surface area contributed by atoms with Crippen LogP contribution >= 0.6 is 0 Å². The number of rotatable bonds is 5. The van der Waals surface area contributed by atoms with Crippen LogP contribution in [-0.2, 0) is 11.3 Å². The van der Waals surface area contributed by atoms with Gasteiger partial charge in [-0.05, 0) is 31.5 Å². The van der Waals surface area contributed by atoms with Gasteiger partial charge in [0.05, 0.1) is 0 Å². The first-order chi connectivity index (χ1) is 12.4. The van der Waals surface area contributed by atoms with Gasteiger partial charge in [-0.2, -0.15) is 0 Å². The normalized spacial score (nSPS) is 11.1. The third-order valence-corrected chi connectivity index (χ3v) is 4.55. The lowest BCUT2D eigenvalue weighted by atomic mass is 10.0. The first kappa shape index (κ1) is 17.9. The molecule has 0 saturated carbocycles. The van der Waals surface area contributed by atoms with E-state index >= 15 is 0 Å². The highest BCUT2D eigenvalue weighted by atomic mass is 16.2. The van der Waals surface area contributed by atoms with Gasteiger partial charge in [-0.3, -0.25) is 9.59 Å². The van der Waals surface area contributed by atoms with Gasteiger partial charge in [0.25, 0.3) is 0 Å². The van der Waals surface area contributed by atoms with Crippen LogP contribution in [0.5, 0.6) is 0 Å². The van der Waals surface area contributed by atoms with Crippen molar-refractivity contribution >= 4 is 28.3 Å². The van der Waals surface area contributed by atoms with Crippen LogP contribution in [0.15, 0.2) is 48.7 Å². The number of ketones is 1. The number of aryl methyl sites for hydroxylation is 2. The Kier molecular flexibility index (Phi) is 4.94. The molecule has 0 aliphatic carbocycles. The number of anilines is 1. The molecule has 0 radical (unpaired) electrons. The summed E-state index contributed by atoms with van der Waals surface area (Å²) in [7, 11) is 0. The van der Waals surface area contributed by atoms with Crippen LogP contribution in [0.25, 0.3) is 10.9 Å². The second kappa shape index (κ2) is 7.16. The Morgan fingerprint density at radius 1 is 1.08 bits per heavy atom. The van der Waals surface area contributed by atoms with Gasteiger partial charge in [-0.25, -0.2) is 0 Å². The van der Waals surface area contributed by atoms with Gasteiger partial charge < -0.3 is 9.88 Å². The lowest BCUT2D eigenvalue weighted by Gasteiger charge is -2.10. The Morgan fingerprint density at radius 2 is 1.81 bits per heavy atom. The van der Waals surface area contributed by atoms with Gasteiger partial charge in [-0.1, -0.05) is 49.7 Å². The summed E-state index contributed by atoms with van der Waals surface area (Å²) >= 11 is 0. The van der Waals surface area contributed by atoms with E-state index in [1.54, 1.807) is 6.20 Å². The molecular formula is C22H24N2O2. The van der Waals surface area contributed by atoms with Crippen LogP contribution in [0.2, 0.25) is 0 Å². The number of fused-ring (bicyclic) bond motifs is 1. The van der Waals surface area contributed by atoms with E-state index in [-0.39, 0.29) is 24.2 Å². The van der Waals surface area contributed by atoms with Gasteiger partial charge in [0, 0.05) is 34.3 Å². The molecule has 0 saturated heterocycles. The second-order valence-electron chi connectivity index (χ2n) is 7.07. The summed E-state index contributed by atoms with van der Waals surface area (Å²) in [5, 5.41) is 3.86. The number of aromatic nitrogens is 1. The molecule has 3 rings (SSSR count). The summed E-state index contributed by atoms with van der Waals surface area (Å²) in [4.78, 5) is 25.1. The Hall–Kier alpha value is -2.88.